The zero-order valence-electron chi connectivity index (χ0n) is 7.90. The summed E-state index contributed by atoms with van der Waals surface area (Å²) in [6, 6.07) is 0. The molecule has 1 aliphatic rings. The summed E-state index contributed by atoms with van der Waals surface area (Å²) in [5.74, 6) is 1.48. The topological polar surface area (TPSA) is 57.7 Å². The summed E-state index contributed by atoms with van der Waals surface area (Å²) < 4.78 is 0. The average Bonchev–Trinajstić information content (AvgIpc) is 2.56. The number of H-pyrrole nitrogens is 1. The molecule has 0 radical (unpaired) electrons. The smallest absolute Gasteiger partial charge is 0.265 e. The molecule has 1 atom stereocenters. The number of hydrogen-bond acceptors (Lipinski definition) is 4. The molecule has 0 spiro atoms. The third-order valence-electron chi connectivity index (χ3n) is 2.52. The summed E-state index contributed by atoms with van der Waals surface area (Å²) in [5.41, 5.74) is 0. The van der Waals surface area contributed by atoms with Crippen LogP contribution in [0.15, 0.2) is 0 Å². The molecule has 72 valence electrons. The molecule has 13 heavy (non-hydrogen) atoms. The van der Waals surface area contributed by atoms with E-state index in [0.717, 1.165) is 25.0 Å². The molecule has 0 aromatic carbocycles. The van der Waals surface area contributed by atoms with Gasteiger partial charge in [-0.25, -0.2) is 0 Å². The van der Waals surface area contributed by atoms with Crippen LogP contribution < -0.4 is 4.90 Å². The Morgan fingerprint density at radius 2 is 2.38 bits per heavy atom. The van der Waals surface area contributed by atoms with E-state index in [1.54, 1.807) is 0 Å². The molecule has 0 aliphatic carbocycles. The van der Waals surface area contributed by atoms with E-state index < -0.39 is 0 Å². The quantitative estimate of drug-likeness (QED) is 0.697. The number of hydrogen-bond donors (Lipinski definition) is 1. The summed E-state index contributed by atoms with van der Waals surface area (Å²) in [4.78, 5) is 2.21. The summed E-state index contributed by atoms with van der Waals surface area (Å²) >= 11 is 0. The highest BCUT2D eigenvalue weighted by Gasteiger charge is 2.17. The van der Waals surface area contributed by atoms with Crippen LogP contribution in [0.4, 0.5) is 5.95 Å². The van der Waals surface area contributed by atoms with E-state index in [0.29, 0.717) is 0 Å². The van der Waals surface area contributed by atoms with Gasteiger partial charge in [0.25, 0.3) is 5.95 Å². The Morgan fingerprint density at radius 1 is 1.46 bits per heavy atom. The van der Waals surface area contributed by atoms with Crippen LogP contribution >= 0.6 is 0 Å². The fraction of sp³-hybridized carbons (Fsp3) is 0.875. The first kappa shape index (κ1) is 8.47. The minimum Gasteiger partial charge on any atom is -0.338 e. The van der Waals surface area contributed by atoms with E-state index in [9.17, 15) is 0 Å². The van der Waals surface area contributed by atoms with Gasteiger partial charge >= 0.3 is 0 Å². The van der Waals surface area contributed by atoms with Crippen molar-refractivity contribution in [2.24, 2.45) is 5.92 Å². The minimum atomic E-state index is 0.737. The van der Waals surface area contributed by atoms with E-state index >= 15 is 0 Å². The second-order valence-electron chi connectivity index (χ2n) is 3.76. The lowest BCUT2D eigenvalue weighted by Gasteiger charge is -2.19. The van der Waals surface area contributed by atoms with Crippen LogP contribution in [-0.2, 0) is 0 Å². The number of nitrogens with one attached hydrogen (secondary N) is 1. The van der Waals surface area contributed by atoms with Crippen LogP contribution in [0.5, 0.6) is 0 Å². The van der Waals surface area contributed by atoms with Gasteiger partial charge in [-0.15, -0.1) is 5.10 Å². The van der Waals surface area contributed by atoms with E-state index in [1.165, 1.54) is 19.3 Å². The molecule has 1 N–H and O–H groups in total. The summed E-state index contributed by atoms with van der Waals surface area (Å²) in [5, 5.41) is 14.1. The monoisotopic (exact) mass is 181 g/mol. The molecule has 1 aromatic heterocycles. The normalized spacial score (nSPS) is 24.4. The molecule has 0 unspecified atom stereocenters. The SMILES string of the molecule is C[C@H]1CCCCN(c2nn[nH]n2)C1. The zero-order chi connectivity index (χ0) is 9.10. The van der Waals surface area contributed by atoms with Gasteiger partial charge in [-0.2, -0.15) is 5.21 Å². The molecule has 2 heterocycles. The average molecular weight is 181 g/mol. The van der Waals surface area contributed by atoms with Crippen molar-refractivity contribution >= 4 is 5.95 Å². The molecule has 1 saturated heterocycles. The maximum Gasteiger partial charge on any atom is 0.265 e. The van der Waals surface area contributed by atoms with Crippen molar-refractivity contribution in [3.05, 3.63) is 0 Å². The van der Waals surface area contributed by atoms with Gasteiger partial charge in [-0.1, -0.05) is 18.4 Å². The van der Waals surface area contributed by atoms with Crippen molar-refractivity contribution in [2.75, 3.05) is 18.0 Å². The number of tetrazole rings is 1. The molecule has 0 bridgehead atoms. The first-order valence-electron chi connectivity index (χ1n) is 4.84. The zero-order valence-corrected chi connectivity index (χ0v) is 7.90. The van der Waals surface area contributed by atoms with Crippen molar-refractivity contribution in [3.63, 3.8) is 0 Å². The number of rotatable bonds is 1. The van der Waals surface area contributed by atoms with Crippen LogP contribution in [0.25, 0.3) is 0 Å². The van der Waals surface area contributed by atoms with E-state index in [2.05, 4.69) is 32.4 Å². The maximum atomic E-state index is 3.99. The predicted molar refractivity (Wildman–Crippen MR) is 49.4 cm³/mol. The van der Waals surface area contributed by atoms with Gasteiger partial charge in [0.1, 0.15) is 0 Å². The number of nitrogens with zero attached hydrogens (tertiary/aromatic N) is 4. The van der Waals surface area contributed by atoms with E-state index in [1.807, 2.05) is 0 Å². The van der Waals surface area contributed by atoms with Crippen LogP contribution in [0, 0.1) is 5.92 Å². The lowest BCUT2D eigenvalue weighted by atomic mass is 10.1. The van der Waals surface area contributed by atoms with E-state index in [-0.39, 0.29) is 0 Å². The van der Waals surface area contributed by atoms with E-state index in [4.69, 9.17) is 0 Å². The van der Waals surface area contributed by atoms with Crippen LogP contribution in [0.3, 0.4) is 0 Å². The first-order valence-corrected chi connectivity index (χ1v) is 4.84. The third-order valence-corrected chi connectivity index (χ3v) is 2.52. The highest BCUT2D eigenvalue weighted by molar-refractivity contribution is 5.25. The Hall–Kier alpha value is -1.13. The Labute approximate surface area is 77.5 Å². The van der Waals surface area contributed by atoms with Crippen LogP contribution in [0.2, 0.25) is 0 Å². The van der Waals surface area contributed by atoms with Crippen molar-refractivity contribution in [2.45, 2.75) is 26.2 Å². The van der Waals surface area contributed by atoms with Gasteiger partial charge in [0.2, 0.25) is 0 Å². The van der Waals surface area contributed by atoms with Crippen molar-refractivity contribution < 1.29 is 0 Å². The molecule has 5 heteroatoms. The fourth-order valence-electron chi connectivity index (χ4n) is 1.83. The fourth-order valence-corrected chi connectivity index (χ4v) is 1.83. The molecule has 1 aromatic rings. The predicted octanol–water partition coefficient (Wildman–Crippen LogP) is 0.826. The first-order chi connectivity index (χ1) is 6.36. The molecule has 1 fully saturated rings. The van der Waals surface area contributed by atoms with Crippen molar-refractivity contribution in [1.29, 1.82) is 0 Å². The summed E-state index contributed by atoms with van der Waals surface area (Å²) in [7, 11) is 0. The second kappa shape index (κ2) is 3.72. The molecule has 5 nitrogen and oxygen atoms in total. The Morgan fingerprint density at radius 3 is 3.15 bits per heavy atom. The Bertz CT molecular complexity index is 245. The van der Waals surface area contributed by atoms with Gasteiger partial charge in [-0.05, 0) is 24.0 Å². The second-order valence-corrected chi connectivity index (χ2v) is 3.76. The molecule has 0 saturated carbocycles. The van der Waals surface area contributed by atoms with Crippen molar-refractivity contribution in [3.8, 4) is 0 Å². The highest BCUT2D eigenvalue weighted by Crippen LogP contribution is 2.18. The number of aromatic amines is 1. The van der Waals surface area contributed by atoms with Crippen LogP contribution in [-0.4, -0.2) is 33.7 Å². The van der Waals surface area contributed by atoms with Crippen molar-refractivity contribution in [1.82, 2.24) is 20.6 Å². The molecular formula is C8H15N5. The summed E-state index contributed by atoms with van der Waals surface area (Å²) in [6.45, 7) is 4.39. The maximum absolute atomic E-state index is 3.99. The Kier molecular flexibility index (Phi) is 2.42. The summed E-state index contributed by atoms with van der Waals surface area (Å²) in [6.07, 6.45) is 3.86. The largest absolute Gasteiger partial charge is 0.338 e. The third kappa shape index (κ3) is 1.96. The number of anilines is 1. The highest BCUT2D eigenvalue weighted by atomic mass is 15.5. The molecule has 0 amide bonds. The van der Waals surface area contributed by atoms with Gasteiger partial charge in [-0.3, -0.25) is 0 Å². The lowest BCUT2D eigenvalue weighted by Crippen LogP contribution is -2.28. The van der Waals surface area contributed by atoms with Gasteiger partial charge in [0.05, 0.1) is 0 Å². The van der Waals surface area contributed by atoms with Gasteiger partial charge in [0, 0.05) is 13.1 Å². The van der Waals surface area contributed by atoms with Gasteiger partial charge < -0.3 is 4.90 Å². The molecule has 2 rings (SSSR count). The lowest BCUT2D eigenvalue weighted by molar-refractivity contribution is 0.542. The van der Waals surface area contributed by atoms with Crippen LogP contribution in [0.1, 0.15) is 26.2 Å². The standard InChI is InChI=1S/C8H15N5/c1-7-4-2-3-5-13(6-7)8-9-11-12-10-8/h7H,2-6H2,1H3,(H,9,10,11,12)/t7-/m0/s1. The molecule has 1 aliphatic heterocycles. The molecular weight excluding hydrogens is 166 g/mol. The minimum absolute atomic E-state index is 0.737. The number of aromatic nitrogens is 4. The Balaban J connectivity index is 2.05. The van der Waals surface area contributed by atoms with Gasteiger partial charge in [0.15, 0.2) is 0 Å².